The molecule has 6 nitrogen and oxygen atoms in total. The van der Waals surface area contributed by atoms with Crippen molar-refractivity contribution >= 4 is 23.2 Å². The summed E-state index contributed by atoms with van der Waals surface area (Å²) in [6, 6.07) is 4.47. The van der Waals surface area contributed by atoms with Gasteiger partial charge in [0.25, 0.3) is 0 Å². The number of hydrogen-bond acceptors (Lipinski definition) is 5. The fraction of sp³-hybridized carbons (Fsp3) is 0.538. The summed E-state index contributed by atoms with van der Waals surface area (Å²) in [6.07, 6.45) is 1.80. The van der Waals surface area contributed by atoms with Crippen LogP contribution in [0.5, 0.6) is 0 Å². The van der Waals surface area contributed by atoms with Crippen LogP contribution in [0.2, 0.25) is 5.02 Å². The highest BCUT2D eigenvalue weighted by atomic mass is 35.5. The zero-order valence-electron chi connectivity index (χ0n) is 11.2. The molecular weight excluding hydrogens is 276 g/mol. The number of nitrogens with zero attached hydrogens (tertiary/aromatic N) is 5. The third-order valence-electron chi connectivity index (χ3n) is 4.16. The Morgan fingerprint density at radius 1 is 1.15 bits per heavy atom. The van der Waals surface area contributed by atoms with E-state index in [-0.39, 0.29) is 0 Å². The highest BCUT2D eigenvalue weighted by Crippen LogP contribution is 2.17. The minimum absolute atomic E-state index is 0.677. The molecule has 106 valence electrons. The largest absolute Gasteiger partial charge is 0.337 e. The highest BCUT2D eigenvalue weighted by Gasteiger charge is 2.28. The van der Waals surface area contributed by atoms with Crippen LogP contribution in [0.4, 0.5) is 5.95 Å². The van der Waals surface area contributed by atoms with Crippen LogP contribution in [0.1, 0.15) is 0 Å². The maximum atomic E-state index is 5.98. The second-order valence-corrected chi connectivity index (χ2v) is 5.83. The third kappa shape index (κ3) is 2.13. The number of fused-ring (bicyclic) bond motifs is 1. The van der Waals surface area contributed by atoms with Crippen molar-refractivity contribution in [3.8, 4) is 0 Å². The van der Waals surface area contributed by atoms with E-state index >= 15 is 0 Å². The predicted octanol–water partition coefficient (Wildman–Crippen LogP) is 0.476. The average molecular weight is 293 g/mol. The Balaban J connectivity index is 1.49. The highest BCUT2D eigenvalue weighted by molar-refractivity contribution is 6.30. The van der Waals surface area contributed by atoms with E-state index in [4.69, 9.17) is 11.6 Å². The number of aromatic nitrogens is 3. The van der Waals surface area contributed by atoms with Crippen LogP contribution in [-0.4, -0.2) is 64.8 Å². The standard InChI is InChI=1S/C13H17ClN6/c14-10-1-2-12-16-13(17-20(12)9-10)19-5-3-18(4-6-19)11-7-15-8-11/h1-2,9,11,15H,3-8H2. The molecule has 4 rings (SSSR count). The summed E-state index contributed by atoms with van der Waals surface area (Å²) in [5.74, 6) is 0.804. The SMILES string of the molecule is Clc1ccc2nc(N3CCN(C4CNC4)CC3)nn2c1. The number of anilines is 1. The zero-order valence-corrected chi connectivity index (χ0v) is 11.9. The van der Waals surface area contributed by atoms with Crippen molar-refractivity contribution in [2.24, 2.45) is 0 Å². The summed E-state index contributed by atoms with van der Waals surface area (Å²) < 4.78 is 1.75. The molecule has 2 aliphatic heterocycles. The molecule has 7 heteroatoms. The topological polar surface area (TPSA) is 48.7 Å². The lowest BCUT2D eigenvalue weighted by Crippen LogP contribution is -2.61. The van der Waals surface area contributed by atoms with Gasteiger partial charge in [-0.15, -0.1) is 5.10 Å². The second kappa shape index (κ2) is 4.87. The first-order valence-electron chi connectivity index (χ1n) is 7.01. The Labute approximate surface area is 122 Å². The maximum Gasteiger partial charge on any atom is 0.245 e. The summed E-state index contributed by atoms with van der Waals surface area (Å²) in [4.78, 5) is 9.38. The van der Waals surface area contributed by atoms with Gasteiger partial charge in [-0.3, -0.25) is 4.90 Å². The first-order chi connectivity index (χ1) is 9.79. The lowest BCUT2D eigenvalue weighted by molar-refractivity contribution is 0.137. The summed E-state index contributed by atoms with van der Waals surface area (Å²) in [5, 5.41) is 8.52. The van der Waals surface area contributed by atoms with E-state index in [9.17, 15) is 0 Å². The minimum Gasteiger partial charge on any atom is -0.337 e. The van der Waals surface area contributed by atoms with Crippen LogP contribution < -0.4 is 10.2 Å². The molecule has 0 atom stereocenters. The van der Waals surface area contributed by atoms with Crippen LogP contribution in [0.3, 0.4) is 0 Å². The van der Waals surface area contributed by atoms with Crippen LogP contribution in [0.15, 0.2) is 18.3 Å². The van der Waals surface area contributed by atoms with Crippen LogP contribution in [0, 0.1) is 0 Å². The molecule has 2 fully saturated rings. The molecule has 2 aromatic heterocycles. The summed E-state index contributed by atoms with van der Waals surface area (Å²) in [6.45, 7) is 6.41. The van der Waals surface area contributed by atoms with Gasteiger partial charge in [0, 0.05) is 51.5 Å². The van der Waals surface area contributed by atoms with Gasteiger partial charge in [-0.2, -0.15) is 4.98 Å². The van der Waals surface area contributed by atoms with Crippen molar-refractivity contribution in [1.82, 2.24) is 24.8 Å². The zero-order chi connectivity index (χ0) is 13.5. The first kappa shape index (κ1) is 12.4. The van der Waals surface area contributed by atoms with E-state index in [0.29, 0.717) is 5.02 Å². The number of nitrogens with one attached hydrogen (secondary N) is 1. The molecule has 2 aromatic rings. The summed E-state index contributed by atoms with van der Waals surface area (Å²) in [7, 11) is 0. The van der Waals surface area contributed by atoms with E-state index in [1.165, 1.54) is 0 Å². The van der Waals surface area contributed by atoms with Gasteiger partial charge in [-0.1, -0.05) is 11.6 Å². The first-order valence-corrected chi connectivity index (χ1v) is 7.39. The van der Waals surface area contributed by atoms with Gasteiger partial charge in [0.1, 0.15) is 0 Å². The molecule has 0 spiro atoms. The molecule has 0 aliphatic carbocycles. The molecule has 2 aliphatic rings. The van der Waals surface area contributed by atoms with Crippen molar-refractivity contribution in [1.29, 1.82) is 0 Å². The van der Waals surface area contributed by atoms with Crippen LogP contribution in [0.25, 0.3) is 5.65 Å². The molecular formula is C13H17ClN6. The van der Waals surface area contributed by atoms with Gasteiger partial charge in [-0.25, -0.2) is 4.52 Å². The van der Waals surface area contributed by atoms with E-state index in [1.807, 2.05) is 12.1 Å². The molecule has 20 heavy (non-hydrogen) atoms. The second-order valence-electron chi connectivity index (χ2n) is 5.40. The van der Waals surface area contributed by atoms with E-state index < -0.39 is 0 Å². The minimum atomic E-state index is 0.677. The van der Waals surface area contributed by atoms with Crippen LogP contribution in [-0.2, 0) is 0 Å². The Bertz CT molecular complexity index is 614. The monoisotopic (exact) mass is 292 g/mol. The van der Waals surface area contributed by atoms with Gasteiger partial charge in [0.15, 0.2) is 5.65 Å². The fourth-order valence-electron chi connectivity index (χ4n) is 2.80. The number of hydrogen-bond donors (Lipinski definition) is 1. The summed E-state index contributed by atoms with van der Waals surface area (Å²) >= 11 is 5.98. The maximum absolute atomic E-state index is 5.98. The number of piperazine rings is 1. The van der Waals surface area contributed by atoms with Crippen molar-refractivity contribution < 1.29 is 0 Å². The Morgan fingerprint density at radius 2 is 1.95 bits per heavy atom. The van der Waals surface area contributed by atoms with Crippen molar-refractivity contribution in [3.05, 3.63) is 23.4 Å². The molecule has 0 amide bonds. The molecule has 0 aromatic carbocycles. The fourth-order valence-corrected chi connectivity index (χ4v) is 2.95. The van der Waals surface area contributed by atoms with Crippen LogP contribution >= 0.6 is 11.6 Å². The quantitative estimate of drug-likeness (QED) is 0.872. The predicted molar refractivity (Wildman–Crippen MR) is 78.4 cm³/mol. The summed E-state index contributed by atoms with van der Waals surface area (Å²) in [5.41, 5.74) is 0.843. The lowest BCUT2D eigenvalue weighted by Gasteiger charge is -2.43. The molecule has 4 heterocycles. The van der Waals surface area contributed by atoms with Gasteiger partial charge in [0.2, 0.25) is 5.95 Å². The Morgan fingerprint density at radius 3 is 2.65 bits per heavy atom. The normalized spacial score (nSPS) is 21.4. The molecule has 1 N–H and O–H groups in total. The van der Waals surface area contributed by atoms with E-state index in [2.05, 4.69) is 25.2 Å². The molecule has 0 radical (unpaired) electrons. The number of halogens is 1. The molecule has 0 saturated carbocycles. The molecule has 2 saturated heterocycles. The van der Waals surface area contributed by atoms with Gasteiger partial charge >= 0.3 is 0 Å². The van der Waals surface area contributed by atoms with Gasteiger partial charge < -0.3 is 10.2 Å². The Kier molecular flexibility index (Phi) is 3.02. The molecule has 0 bridgehead atoms. The van der Waals surface area contributed by atoms with Crippen molar-refractivity contribution in [2.45, 2.75) is 6.04 Å². The smallest absolute Gasteiger partial charge is 0.245 e. The van der Waals surface area contributed by atoms with E-state index in [1.54, 1.807) is 10.7 Å². The van der Waals surface area contributed by atoms with Crippen molar-refractivity contribution in [2.75, 3.05) is 44.2 Å². The molecule has 0 unspecified atom stereocenters. The Hall–Kier alpha value is -1.37. The lowest BCUT2D eigenvalue weighted by atomic mass is 10.1. The van der Waals surface area contributed by atoms with Crippen molar-refractivity contribution in [3.63, 3.8) is 0 Å². The number of pyridine rings is 1. The average Bonchev–Trinajstić information content (AvgIpc) is 2.80. The van der Waals surface area contributed by atoms with E-state index in [0.717, 1.165) is 56.9 Å². The van der Waals surface area contributed by atoms with Gasteiger partial charge in [0.05, 0.1) is 5.02 Å². The third-order valence-corrected chi connectivity index (χ3v) is 4.38. The number of rotatable bonds is 2. The van der Waals surface area contributed by atoms with Gasteiger partial charge in [-0.05, 0) is 12.1 Å².